The van der Waals surface area contributed by atoms with Crippen LogP contribution >= 0.6 is 12.4 Å². The van der Waals surface area contributed by atoms with Crippen LogP contribution in [0.25, 0.3) is 11.3 Å². The van der Waals surface area contributed by atoms with Crippen molar-refractivity contribution in [1.29, 1.82) is 0 Å². The van der Waals surface area contributed by atoms with Crippen LogP contribution in [-0.4, -0.2) is 42.9 Å². The first-order valence-corrected chi connectivity index (χ1v) is 7.94. The molecule has 1 aliphatic carbocycles. The zero-order valence-electron chi connectivity index (χ0n) is 14.2. The molecule has 0 spiro atoms. The van der Waals surface area contributed by atoms with E-state index in [-0.39, 0.29) is 24.4 Å². The summed E-state index contributed by atoms with van der Waals surface area (Å²) in [5.41, 5.74) is 7.89. The molecule has 1 atom stereocenters. The van der Waals surface area contributed by atoms with Gasteiger partial charge in [0.25, 0.3) is 5.91 Å². The Bertz CT molecular complexity index is 730. The highest BCUT2D eigenvalue weighted by molar-refractivity contribution is 5.93. The van der Waals surface area contributed by atoms with E-state index < -0.39 is 0 Å². The number of hydrogen-bond donors (Lipinski definition) is 3. The zero-order valence-corrected chi connectivity index (χ0v) is 15.1. The van der Waals surface area contributed by atoms with E-state index in [1.807, 2.05) is 12.1 Å². The van der Waals surface area contributed by atoms with Gasteiger partial charge in [0.2, 0.25) is 0 Å². The van der Waals surface area contributed by atoms with Crippen LogP contribution in [0.4, 0.5) is 0 Å². The van der Waals surface area contributed by atoms with Crippen LogP contribution in [0.1, 0.15) is 23.3 Å². The van der Waals surface area contributed by atoms with E-state index in [0.29, 0.717) is 35.3 Å². The van der Waals surface area contributed by atoms with Crippen molar-refractivity contribution in [2.24, 2.45) is 11.7 Å². The largest absolute Gasteiger partial charge is 0.493 e. The molecule has 0 aliphatic heterocycles. The number of nitrogens with zero attached hydrogens (tertiary/aromatic N) is 1. The molecule has 7 nitrogen and oxygen atoms in total. The molecule has 1 saturated carbocycles. The lowest BCUT2D eigenvalue weighted by Crippen LogP contribution is -2.38. The first-order valence-electron chi connectivity index (χ1n) is 7.94. The average Bonchev–Trinajstić information content (AvgIpc) is 3.35. The maximum atomic E-state index is 12.2. The van der Waals surface area contributed by atoms with Gasteiger partial charge in [-0.05, 0) is 43.0 Å². The molecule has 1 amide bonds. The second-order valence-electron chi connectivity index (χ2n) is 5.95. The van der Waals surface area contributed by atoms with Gasteiger partial charge in [-0.2, -0.15) is 5.10 Å². The molecular formula is C17H23ClN4O3. The fraction of sp³-hybridized carbons (Fsp3) is 0.412. The van der Waals surface area contributed by atoms with Crippen LogP contribution in [0.15, 0.2) is 24.3 Å². The summed E-state index contributed by atoms with van der Waals surface area (Å²) in [6, 6.07) is 7.22. The third kappa shape index (κ3) is 4.43. The minimum absolute atomic E-state index is 0. The van der Waals surface area contributed by atoms with Gasteiger partial charge in [0.1, 0.15) is 5.69 Å². The van der Waals surface area contributed by atoms with Gasteiger partial charge in [-0.15, -0.1) is 12.4 Å². The highest BCUT2D eigenvalue weighted by atomic mass is 35.5. The lowest BCUT2D eigenvalue weighted by molar-refractivity contribution is 0.0945. The number of benzene rings is 1. The summed E-state index contributed by atoms with van der Waals surface area (Å²) >= 11 is 0. The predicted molar refractivity (Wildman–Crippen MR) is 97.4 cm³/mol. The number of aromatic amines is 1. The smallest absolute Gasteiger partial charge is 0.269 e. The average molecular weight is 367 g/mol. The second-order valence-corrected chi connectivity index (χ2v) is 5.95. The number of H-pyrrole nitrogens is 1. The summed E-state index contributed by atoms with van der Waals surface area (Å²) in [5.74, 6) is 1.60. The number of halogens is 1. The molecule has 1 aromatic heterocycles. The van der Waals surface area contributed by atoms with Crippen LogP contribution in [0, 0.1) is 5.92 Å². The third-order valence-corrected chi connectivity index (χ3v) is 4.23. The van der Waals surface area contributed by atoms with Gasteiger partial charge < -0.3 is 20.5 Å². The zero-order chi connectivity index (χ0) is 17.1. The molecule has 1 aromatic carbocycles. The first-order chi connectivity index (χ1) is 11.6. The van der Waals surface area contributed by atoms with Gasteiger partial charge in [-0.1, -0.05) is 0 Å². The Morgan fingerprint density at radius 3 is 2.68 bits per heavy atom. The van der Waals surface area contributed by atoms with E-state index in [2.05, 4.69) is 15.5 Å². The Morgan fingerprint density at radius 2 is 2.04 bits per heavy atom. The van der Waals surface area contributed by atoms with E-state index >= 15 is 0 Å². The normalized spacial score (nSPS) is 14.4. The summed E-state index contributed by atoms with van der Waals surface area (Å²) in [6.07, 6.45) is 2.31. The summed E-state index contributed by atoms with van der Waals surface area (Å²) in [4.78, 5) is 12.2. The summed E-state index contributed by atoms with van der Waals surface area (Å²) in [5, 5.41) is 9.81. The molecule has 136 valence electrons. The summed E-state index contributed by atoms with van der Waals surface area (Å²) < 4.78 is 10.5. The van der Waals surface area contributed by atoms with Crippen molar-refractivity contribution < 1.29 is 14.3 Å². The van der Waals surface area contributed by atoms with Crippen LogP contribution in [0.5, 0.6) is 11.5 Å². The maximum absolute atomic E-state index is 12.2. The van der Waals surface area contributed by atoms with Crippen LogP contribution in [0.3, 0.4) is 0 Å². The van der Waals surface area contributed by atoms with Crippen molar-refractivity contribution >= 4 is 18.3 Å². The van der Waals surface area contributed by atoms with Gasteiger partial charge >= 0.3 is 0 Å². The SMILES string of the molecule is COc1ccc(-c2cc(C(=O)NCC(N)C3CC3)[nH]n2)cc1OC.Cl. The molecule has 25 heavy (non-hydrogen) atoms. The molecule has 1 heterocycles. The molecule has 0 bridgehead atoms. The molecule has 4 N–H and O–H groups in total. The lowest BCUT2D eigenvalue weighted by atomic mass is 10.1. The van der Waals surface area contributed by atoms with Crippen LogP contribution in [-0.2, 0) is 0 Å². The number of carbonyl (C=O) groups excluding carboxylic acids is 1. The minimum atomic E-state index is -0.203. The van der Waals surface area contributed by atoms with E-state index in [1.54, 1.807) is 26.4 Å². The second kappa shape index (κ2) is 8.22. The molecule has 1 aliphatic rings. The van der Waals surface area contributed by atoms with E-state index in [0.717, 1.165) is 18.4 Å². The Balaban J connectivity index is 0.00000225. The third-order valence-electron chi connectivity index (χ3n) is 4.23. The summed E-state index contributed by atoms with van der Waals surface area (Å²) in [6.45, 7) is 0.480. The Kier molecular flexibility index (Phi) is 6.27. The number of ether oxygens (including phenoxy) is 2. The van der Waals surface area contributed by atoms with Crippen LogP contribution < -0.4 is 20.5 Å². The number of amides is 1. The number of nitrogens with one attached hydrogen (secondary N) is 2. The number of methoxy groups -OCH3 is 2. The Morgan fingerprint density at radius 1 is 1.32 bits per heavy atom. The van der Waals surface area contributed by atoms with E-state index in [1.165, 1.54) is 0 Å². The molecule has 8 heteroatoms. The first kappa shape index (κ1) is 19.1. The van der Waals surface area contributed by atoms with Crippen molar-refractivity contribution in [3.8, 4) is 22.8 Å². The van der Waals surface area contributed by atoms with Crippen molar-refractivity contribution in [3.05, 3.63) is 30.0 Å². The number of rotatable bonds is 7. The van der Waals surface area contributed by atoms with Gasteiger partial charge in [0.05, 0.1) is 19.9 Å². The van der Waals surface area contributed by atoms with Gasteiger partial charge in [0.15, 0.2) is 11.5 Å². The highest BCUT2D eigenvalue weighted by Gasteiger charge is 2.28. The van der Waals surface area contributed by atoms with Crippen molar-refractivity contribution in [2.75, 3.05) is 20.8 Å². The predicted octanol–water partition coefficient (Wildman–Crippen LogP) is 1.98. The monoisotopic (exact) mass is 366 g/mol. The molecule has 1 unspecified atom stereocenters. The standard InChI is InChI=1S/C17H22N4O3.ClH/c1-23-15-6-5-11(7-16(15)24-2)13-8-14(21-20-13)17(22)19-9-12(18)10-3-4-10;/h5-8,10,12H,3-4,9,18H2,1-2H3,(H,19,22)(H,20,21);1H. The molecule has 2 aromatic rings. The fourth-order valence-corrected chi connectivity index (χ4v) is 2.58. The highest BCUT2D eigenvalue weighted by Crippen LogP contribution is 2.32. The van der Waals surface area contributed by atoms with E-state index in [9.17, 15) is 4.79 Å². The molecule has 3 rings (SSSR count). The molecule has 1 fully saturated rings. The number of nitrogens with two attached hydrogens (primary N) is 1. The topological polar surface area (TPSA) is 102 Å². The summed E-state index contributed by atoms with van der Waals surface area (Å²) in [7, 11) is 3.16. The molecular weight excluding hydrogens is 344 g/mol. The Labute approximate surface area is 152 Å². The van der Waals surface area contributed by atoms with Gasteiger partial charge in [-0.25, -0.2) is 0 Å². The van der Waals surface area contributed by atoms with Crippen molar-refractivity contribution in [3.63, 3.8) is 0 Å². The number of aromatic nitrogens is 2. The Hall–Kier alpha value is -2.25. The van der Waals surface area contributed by atoms with Gasteiger partial charge in [-0.3, -0.25) is 9.89 Å². The van der Waals surface area contributed by atoms with Crippen LogP contribution in [0.2, 0.25) is 0 Å². The quantitative estimate of drug-likeness (QED) is 0.695. The van der Waals surface area contributed by atoms with Crippen molar-refractivity contribution in [2.45, 2.75) is 18.9 Å². The van der Waals surface area contributed by atoms with Gasteiger partial charge in [0, 0.05) is 18.2 Å². The lowest BCUT2D eigenvalue weighted by Gasteiger charge is -2.10. The molecule has 0 radical (unpaired) electrons. The fourth-order valence-electron chi connectivity index (χ4n) is 2.58. The number of hydrogen-bond acceptors (Lipinski definition) is 5. The van der Waals surface area contributed by atoms with E-state index in [4.69, 9.17) is 15.2 Å². The minimum Gasteiger partial charge on any atom is -0.493 e. The molecule has 0 saturated heterocycles. The number of carbonyl (C=O) groups is 1. The van der Waals surface area contributed by atoms with Crippen molar-refractivity contribution in [1.82, 2.24) is 15.5 Å². The maximum Gasteiger partial charge on any atom is 0.269 e.